The van der Waals surface area contributed by atoms with Gasteiger partial charge in [-0.05, 0) is 76.0 Å². The van der Waals surface area contributed by atoms with Crippen molar-refractivity contribution in [2.24, 2.45) is 5.14 Å². The van der Waals surface area contributed by atoms with Crippen LogP contribution in [0.5, 0.6) is 5.75 Å². The highest BCUT2D eigenvalue weighted by atomic mass is 32.2. The Kier molecular flexibility index (Phi) is 11.4. The second kappa shape index (κ2) is 13.7. The van der Waals surface area contributed by atoms with Crippen molar-refractivity contribution in [3.05, 3.63) is 53.4 Å². The second-order valence-electron chi connectivity index (χ2n) is 8.31. The third kappa shape index (κ3) is 8.11. The van der Waals surface area contributed by atoms with Crippen LogP contribution in [-0.4, -0.2) is 65.9 Å². The Bertz CT molecular complexity index is 759. The quantitative estimate of drug-likeness (QED) is 0.347. The number of rotatable bonds is 13. The van der Waals surface area contributed by atoms with Gasteiger partial charge in [0.2, 0.25) is 0 Å². The molecule has 2 rings (SSSR count). The lowest BCUT2D eigenvalue weighted by Crippen LogP contribution is -2.34. The van der Waals surface area contributed by atoms with Crippen molar-refractivity contribution in [3.63, 3.8) is 0 Å². The first-order chi connectivity index (χ1) is 15.0. The summed E-state index contributed by atoms with van der Waals surface area (Å²) in [6.45, 7) is 7.27. The average Bonchev–Trinajstić information content (AvgIpc) is 2.78. The second-order valence-corrected chi connectivity index (χ2v) is 10.2. The molecule has 174 valence electrons. The molecule has 6 heteroatoms. The van der Waals surface area contributed by atoms with Gasteiger partial charge in [0.25, 0.3) is 0 Å². The molecule has 2 atom stereocenters. The summed E-state index contributed by atoms with van der Waals surface area (Å²) in [4.78, 5) is 4.67. The van der Waals surface area contributed by atoms with Crippen LogP contribution in [0.4, 0.5) is 0 Å². The first kappa shape index (κ1) is 25.7. The fraction of sp³-hybridized carbons (Fsp3) is 0.560. The van der Waals surface area contributed by atoms with E-state index < -0.39 is 10.7 Å². The summed E-state index contributed by atoms with van der Waals surface area (Å²) in [6.07, 6.45) is 7.48. The maximum absolute atomic E-state index is 10.00. The van der Waals surface area contributed by atoms with Gasteiger partial charge in [0.1, 0.15) is 11.5 Å². The van der Waals surface area contributed by atoms with E-state index in [0.29, 0.717) is 0 Å². The van der Waals surface area contributed by atoms with Crippen LogP contribution in [0.3, 0.4) is 0 Å². The van der Waals surface area contributed by atoms with E-state index in [9.17, 15) is 5.11 Å². The molecule has 0 saturated heterocycles. The molecular formula is C25H41N3O2S. The van der Waals surface area contributed by atoms with E-state index in [-0.39, 0.29) is 11.9 Å². The van der Waals surface area contributed by atoms with E-state index in [2.05, 4.69) is 42.3 Å². The highest BCUT2D eigenvalue weighted by molar-refractivity contribution is 8.13. The van der Waals surface area contributed by atoms with E-state index in [1.165, 1.54) is 12.8 Å². The lowest BCUT2D eigenvalue weighted by molar-refractivity contribution is 0.279. The Balaban J connectivity index is 2.48. The molecule has 1 aliphatic rings. The first-order valence-electron chi connectivity index (χ1n) is 11.4. The van der Waals surface area contributed by atoms with Gasteiger partial charge in [-0.15, -0.1) is 10.7 Å². The number of aliphatic hydroxyl groups is 1. The molecule has 0 aliphatic heterocycles. The van der Waals surface area contributed by atoms with Crippen molar-refractivity contribution in [2.45, 2.75) is 51.2 Å². The third-order valence-electron chi connectivity index (χ3n) is 5.51. The number of hydrogen-bond acceptors (Lipinski definition) is 5. The standard InChI is InChI=1S/C25H41N3O2S/c1-5-7-11-16-28(17-12-15-27(3)4)23-18-21(20-29)19-24(31(26)6-2)25(23)30-22-13-9-8-10-14-22/h6,8-10,13-14,18,24,29H,5,7,11-12,15-17,19-20,26H2,1-4H3. The van der Waals surface area contributed by atoms with E-state index in [1.807, 2.05) is 37.3 Å². The van der Waals surface area contributed by atoms with Crippen LogP contribution in [0, 0.1) is 0 Å². The third-order valence-corrected chi connectivity index (χ3v) is 7.10. The SMILES string of the molecule is C/C=S(\N)C1CC(CO)=CC(N(CCCCC)CCCN(C)C)=C1Oc1ccccc1. The predicted molar refractivity (Wildman–Crippen MR) is 135 cm³/mol. The minimum atomic E-state index is -0.442. The molecule has 1 aromatic rings. The number of nitrogens with two attached hydrogens (primary N) is 1. The summed E-state index contributed by atoms with van der Waals surface area (Å²) in [6, 6.07) is 9.96. The highest BCUT2D eigenvalue weighted by Crippen LogP contribution is 2.36. The molecule has 0 aromatic heterocycles. The number of nitrogens with zero attached hydrogens (tertiary/aromatic N) is 2. The minimum Gasteiger partial charge on any atom is -0.458 e. The molecule has 1 aliphatic carbocycles. The van der Waals surface area contributed by atoms with Crippen LogP contribution in [-0.2, 0) is 0 Å². The van der Waals surface area contributed by atoms with Crippen molar-refractivity contribution >= 4 is 16.0 Å². The monoisotopic (exact) mass is 447 g/mol. The Morgan fingerprint density at radius 3 is 2.45 bits per heavy atom. The van der Waals surface area contributed by atoms with Gasteiger partial charge in [0.05, 0.1) is 17.6 Å². The normalized spacial score (nSPS) is 17.8. The molecule has 31 heavy (non-hydrogen) atoms. The van der Waals surface area contributed by atoms with E-state index in [0.717, 1.165) is 61.7 Å². The van der Waals surface area contributed by atoms with Gasteiger partial charge in [-0.1, -0.05) is 38.0 Å². The summed E-state index contributed by atoms with van der Waals surface area (Å²) >= 11 is 0. The van der Waals surface area contributed by atoms with Crippen LogP contribution in [0.1, 0.15) is 46.0 Å². The molecule has 1 aromatic carbocycles. The molecular weight excluding hydrogens is 406 g/mol. The average molecular weight is 448 g/mol. The fourth-order valence-corrected chi connectivity index (χ4v) is 4.93. The van der Waals surface area contributed by atoms with Crippen molar-refractivity contribution < 1.29 is 9.84 Å². The summed E-state index contributed by atoms with van der Waals surface area (Å²) in [5.41, 5.74) is 2.11. The van der Waals surface area contributed by atoms with Gasteiger partial charge in [0.15, 0.2) is 0 Å². The molecule has 2 unspecified atom stereocenters. The van der Waals surface area contributed by atoms with Crippen LogP contribution >= 0.6 is 10.7 Å². The van der Waals surface area contributed by atoms with E-state index in [4.69, 9.17) is 9.88 Å². The van der Waals surface area contributed by atoms with Crippen LogP contribution in [0.25, 0.3) is 0 Å². The first-order valence-corrected chi connectivity index (χ1v) is 12.8. The molecule has 0 bridgehead atoms. The van der Waals surface area contributed by atoms with Gasteiger partial charge in [-0.2, -0.15) is 0 Å². The Hall–Kier alpha value is -1.60. The van der Waals surface area contributed by atoms with Crippen molar-refractivity contribution in [1.29, 1.82) is 0 Å². The highest BCUT2D eigenvalue weighted by Gasteiger charge is 2.30. The predicted octanol–water partition coefficient (Wildman–Crippen LogP) is 4.38. The Morgan fingerprint density at radius 1 is 1.13 bits per heavy atom. The van der Waals surface area contributed by atoms with Gasteiger partial charge >= 0.3 is 0 Å². The Labute approximate surface area is 191 Å². The number of aliphatic hydroxyl groups excluding tert-OH is 1. The number of benzene rings is 1. The summed E-state index contributed by atoms with van der Waals surface area (Å²) < 4.78 is 6.52. The smallest absolute Gasteiger partial charge is 0.141 e. The summed E-state index contributed by atoms with van der Waals surface area (Å²) in [7, 11) is 3.78. The molecule has 0 fully saturated rings. The van der Waals surface area contributed by atoms with Crippen molar-refractivity contribution in [2.75, 3.05) is 40.3 Å². The zero-order chi connectivity index (χ0) is 22.6. The number of allylic oxidation sites excluding steroid dienone is 1. The lowest BCUT2D eigenvalue weighted by atomic mass is 10.00. The number of unbranched alkanes of at least 4 members (excludes halogenated alkanes) is 2. The molecule has 0 amide bonds. The number of hydrogen-bond donors (Lipinski definition) is 2. The maximum atomic E-state index is 10.00. The van der Waals surface area contributed by atoms with Gasteiger partial charge in [0, 0.05) is 13.1 Å². The molecule has 5 nitrogen and oxygen atoms in total. The fourth-order valence-electron chi connectivity index (χ4n) is 3.78. The Morgan fingerprint density at radius 2 is 1.84 bits per heavy atom. The molecule has 0 radical (unpaired) electrons. The number of ether oxygens (including phenoxy) is 1. The summed E-state index contributed by atoms with van der Waals surface area (Å²) in [5, 5.41) is 18.7. The van der Waals surface area contributed by atoms with E-state index in [1.54, 1.807) is 0 Å². The van der Waals surface area contributed by atoms with Gasteiger partial charge in [-0.25, -0.2) is 0 Å². The minimum absolute atomic E-state index is 0.0369. The molecule has 0 heterocycles. The lowest BCUT2D eigenvalue weighted by Gasteiger charge is -2.35. The topological polar surface area (TPSA) is 62.0 Å². The summed E-state index contributed by atoms with van der Waals surface area (Å²) in [5.74, 6) is 1.77. The zero-order valence-corrected chi connectivity index (χ0v) is 20.5. The zero-order valence-electron chi connectivity index (χ0n) is 19.7. The van der Waals surface area contributed by atoms with Crippen LogP contribution in [0.2, 0.25) is 0 Å². The van der Waals surface area contributed by atoms with Crippen molar-refractivity contribution in [3.8, 4) is 5.75 Å². The largest absolute Gasteiger partial charge is 0.458 e. The maximum Gasteiger partial charge on any atom is 0.141 e. The van der Waals surface area contributed by atoms with Crippen LogP contribution in [0.15, 0.2) is 53.4 Å². The molecule has 0 spiro atoms. The van der Waals surface area contributed by atoms with Crippen molar-refractivity contribution in [1.82, 2.24) is 9.80 Å². The van der Waals surface area contributed by atoms with E-state index >= 15 is 0 Å². The molecule has 3 N–H and O–H groups in total. The number of para-hydroxylation sites is 1. The van der Waals surface area contributed by atoms with Gasteiger partial charge in [-0.3, -0.25) is 5.14 Å². The van der Waals surface area contributed by atoms with Gasteiger partial charge < -0.3 is 19.6 Å². The van der Waals surface area contributed by atoms with Crippen LogP contribution < -0.4 is 9.88 Å². The molecule has 0 saturated carbocycles.